The highest BCUT2D eigenvalue weighted by molar-refractivity contribution is 6.00. The fourth-order valence-corrected chi connectivity index (χ4v) is 1.74. The number of hydrogen-bond donors (Lipinski definition) is 2. The molecule has 0 spiro atoms. The van der Waals surface area contributed by atoms with Crippen LogP contribution in [0.15, 0.2) is 30.6 Å². The molecule has 5 heteroatoms. The first-order valence-electron chi connectivity index (χ1n) is 6.12. The highest BCUT2D eigenvalue weighted by Gasteiger charge is 2.11. The molecule has 0 aliphatic rings. The number of nitrogens with one attached hydrogen (secondary N) is 2. The Morgan fingerprint density at radius 3 is 3.00 bits per heavy atom. The zero-order chi connectivity index (χ0) is 13.0. The van der Waals surface area contributed by atoms with E-state index in [9.17, 15) is 4.79 Å². The minimum Gasteiger partial charge on any atom is -0.351 e. The fraction of sp³-hybridized carbons (Fsp3) is 0.385. The smallest absolute Gasteiger partial charge is 0.255 e. The van der Waals surface area contributed by atoms with Crippen molar-refractivity contribution in [1.29, 1.82) is 0 Å². The fourth-order valence-electron chi connectivity index (χ4n) is 1.74. The molecule has 0 bridgehead atoms. The van der Waals surface area contributed by atoms with E-state index in [0.29, 0.717) is 18.2 Å². The lowest BCUT2D eigenvalue weighted by Gasteiger charge is -2.08. The third-order valence-corrected chi connectivity index (χ3v) is 2.63. The van der Waals surface area contributed by atoms with Crippen LogP contribution in [0.5, 0.6) is 0 Å². The normalized spacial score (nSPS) is 11.1. The van der Waals surface area contributed by atoms with Crippen LogP contribution in [0.2, 0.25) is 0 Å². The Labute approximate surface area is 106 Å². The quantitative estimate of drug-likeness (QED) is 0.776. The Bertz CT molecular complexity index is 533. The van der Waals surface area contributed by atoms with E-state index in [2.05, 4.69) is 29.6 Å². The van der Waals surface area contributed by atoms with Crippen molar-refractivity contribution in [3.63, 3.8) is 0 Å². The van der Waals surface area contributed by atoms with Gasteiger partial charge in [-0.1, -0.05) is 19.9 Å². The van der Waals surface area contributed by atoms with Crippen LogP contribution in [0.1, 0.15) is 24.2 Å². The maximum atomic E-state index is 12.0. The second kappa shape index (κ2) is 5.64. The Balaban J connectivity index is 1.97. The van der Waals surface area contributed by atoms with Gasteiger partial charge in [-0.2, -0.15) is 5.10 Å². The van der Waals surface area contributed by atoms with Crippen LogP contribution in [-0.4, -0.2) is 34.7 Å². The van der Waals surface area contributed by atoms with Crippen molar-refractivity contribution in [2.45, 2.75) is 19.9 Å². The Morgan fingerprint density at radius 1 is 1.39 bits per heavy atom. The average molecular weight is 246 g/mol. The maximum Gasteiger partial charge on any atom is 0.255 e. The van der Waals surface area contributed by atoms with E-state index in [4.69, 9.17) is 0 Å². The van der Waals surface area contributed by atoms with Gasteiger partial charge in [0.15, 0.2) is 0 Å². The number of amides is 1. The average Bonchev–Trinajstić information content (AvgIpc) is 2.78. The maximum absolute atomic E-state index is 12.0. The zero-order valence-electron chi connectivity index (χ0n) is 10.7. The lowest BCUT2D eigenvalue weighted by atomic mass is 10.2. The topological polar surface area (TPSA) is 58.4 Å². The van der Waals surface area contributed by atoms with Gasteiger partial charge in [-0.05, 0) is 12.1 Å². The second-order valence-corrected chi connectivity index (χ2v) is 4.45. The molecule has 2 heterocycles. The minimum absolute atomic E-state index is 0.0817. The van der Waals surface area contributed by atoms with Crippen LogP contribution in [0, 0.1) is 0 Å². The Hall–Kier alpha value is -1.88. The molecule has 0 saturated carbocycles. The summed E-state index contributed by atoms with van der Waals surface area (Å²) in [6, 6.07) is 6.09. The van der Waals surface area contributed by atoms with E-state index in [1.165, 1.54) is 0 Å². The monoisotopic (exact) mass is 246 g/mol. The summed E-state index contributed by atoms with van der Waals surface area (Å²) in [5, 5.41) is 10.3. The van der Waals surface area contributed by atoms with Crippen LogP contribution in [0.25, 0.3) is 5.52 Å². The van der Waals surface area contributed by atoms with Crippen molar-refractivity contribution in [2.75, 3.05) is 13.1 Å². The molecule has 0 radical (unpaired) electrons. The lowest BCUT2D eigenvalue weighted by Crippen LogP contribution is -2.34. The van der Waals surface area contributed by atoms with Crippen LogP contribution < -0.4 is 10.6 Å². The predicted octanol–water partition coefficient (Wildman–Crippen LogP) is 1.06. The molecule has 0 aromatic carbocycles. The first-order chi connectivity index (χ1) is 8.68. The summed E-state index contributed by atoms with van der Waals surface area (Å²) in [6.45, 7) is 5.53. The van der Waals surface area contributed by atoms with Gasteiger partial charge in [0.2, 0.25) is 0 Å². The van der Waals surface area contributed by atoms with Crippen molar-refractivity contribution in [2.24, 2.45) is 0 Å². The molecule has 1 amide bonds. The van der Waals surface area contributed by atoms with Gasteiger partial charge in [-0.3, -0.25) is 4.79 Å². The number of carbonyl (C=O) groups is 1. The number of rotatable bonds is 5. The number of fused-ring (bicyclic) bond motifs is 1. The summed E-state index contributed by atoms with van der Waals surface area (Å²) < 4.78 is 1.70. The van der Waals surface area contributed by atoms with Gasteiger partial charge < -0.3 is 10.6 Å². The molecule has 96 valence electrons. The highest BCUT2D eigenvalue weighted by atomic mass is 16.1. The van der Waals surface area contributed by atoms with Crippen LogP contribution in [-0.2, 0) is 0 Å². The molecule has 0 aliphatic carbocycles. The molecule has 5 nitrogen and oxygen atoms in total. The first-order valence-corrected chi connectivity index (χ1v) is 6.12. The molecule has 2 N–H and O–H groups in total. The molecule has 0 fully saturated rings. The van der Waals surface area contributed by atoms with Gasteiger partial charge in [0, 0.05) is 25.3 Å². The van der Waals surface area contributed by atoms with Crippen LogP contribution >= 0.6 is 0 Å². The number of pyridine rings is 1. The molecular weight excluding hydrogens is 228 g/mol. The Kier molecular flexibility index (Phi) is 3.94. The lowest BCUT2D eigenvalue weighted by molar-refractivity contribution is 0.0955. The number of aromatic nitrogens is 2. The Morgan fingerprint density at radius 2 is 2.22 bits per heavy atom. The van der Waals surface area contributed by atoms with E-state index in [1.807, 2.05) is 24.4 Å². The van der Waals surface area contributed by atoms with E-state index >= 15 is 0 Å². The van der Waals surface area contributed by atoms with Gasteiger partial charge in [0.25, 0.3) is 5.91 Å². The van der Waals surface area contributed by atoms with Gasteiger partial charge in [0.1, 0.15) is 0 Å². The van der Waals surface area contributed by atoms with Gasteiger partial charge in [-0.25, -0.2) is 4.52 Å². The van der Waals surface area contributed by atoms with E-state index in [1.54, 1.807) is 10.7 Å². The molecule has 18 heavy (non-hydrogen) atoms. The zero-order valence-corrected chi connectivity index (χ0v) is 10.7. The second-order valence-electron chi connectivity index (χ2n) is 4.45. The number of hydrogen-bond acceptors (Lipinski definition) is 3. The van der Waals surface area contributed by atoms with Gasteiger partial charge in [0.05, 0.1) is 17.3 Å². The van der Waals surface area contributed by atoms with Crippen molar-refractivity contribution in [3.8, 4) is 0 Å². The minimum atomic E-state index is -0.0817. The summed E-state index contributed by atoms with van der Waals surface area (Å²) in [4.78, 5) is 12.0. The molecule has 0 unspecified atom stereocenters. The molecule has 2 aromatic rings. The third kappa shape index (κ3) is 2.87. The van der Waals surface area contributed by atoms with Crippen molar-refractivity contribution in [1.82, 2.24) is 20.2 Å². The molecule has 2 rings (SSSR count). The van der Waals surface area contributed by atoms with Crippen molar-refractivity contribution >= 4 is 11.4 Å². The molecule has 2 aromatic heterocycles. The molecular formula is C13H18N4O. The van der Waals surface area contributed by atoms with E-state index < -0.39 is 0 Å². The van der Waals surface area contributed by atoms with Crippen molar-refractivity contribution in [3.05, 3.63) is 36.2 Å². The standard InChI is InChI=1S/C13H18N4O/c1-10(2)14-6-7-15-13(18)11-9-16-17-8-4-3-5-12(11)17/h3-5,8-10,14H,6-7H2,1-2H3,(H,15,18). The summed E-state index contributed by atoms with van der Waals surface area (Å²) in [5.74, 6) is -0.0817. The summed E-state index contributed by atoms with van der Waals surface area (Å²) in [5.41, 5.74) is 1.44. The predicted molar refractivity (Wildman–Crippen MR) is 70.7 cm³/mol. The molecule has 0 atom stereocenters. The SMILES string of the molecule is CC(C)NCCNC(=O)c1cnn2ccccc12. The molecule has 0 saturated heterocycles. The van der Waals surface area contributed by atoms with Crippen LogP contribution in [0.4, 0.5) is 0 Å². The van der Waals surface area contributed by atoms with E-state index in [-0.39, 0.29) is 5.91 Å². The summed E-state index contributed by atoms with van der Waals surface area (Å²) in [6.07, 6.45) is 3.42. The van der Waals surface area contributed by atoms with Gasteiger partial charge in [-0.15, -0.1) is 0 Å². The summed E-state index contributed by atoms with van der Waals surface area (Å²) in [7, 11) is 0. The van der Waals surface area contributed by atoms with E-state index in [0.717, 1.165) is 12.1 Å². The largest absolute Gasteiger partial charge is 0.351 e. The molecule has 0 aliphatic heterocycles. The van der Waals surface area contributed by atoms with Crippen LogP contribution in [0.3, 0.4) is 0 Å². The van der Waals surface area contributed by atoms with Crippen molar-refractivity contribution < 1.29 is 4.79 Å². The number of carbonyl (C=O) groups excluding carboxylic acids is 1. The van der Waals surface area contributed by atoms with Gasteiger partial charge >= 0.3 is 0 Å². The summed E-state index contributed by atoms with van der Waals surface area (Å²) >= 11 is 0. The first kappa shape index (κ1) is 12.6. The number of nitrogens with zero attached hydrogens (tertiary/aromatic N) is 2. The third-order valence-electron chi connectivity index (χ3n) is 2.63. The highest BCUT2D eigenvalue weighted by Crippen LogP contribution is 2.09.